The fraction of sp³-hybridized carbons (Fsp3) is 0.174. The maximum Gasteiger partial charge on any atom is 0.229 e. The predicted molar refractivity (Wildman–Crippen MR) is 116 cm³/mol. The van der Waals surface area contributed by atoms with Gasteiger partial charge >= 0.3 is 0 Å². The highest BCUT2D eigenvalue weighted by atomic mass is 16.2. The predicted octanol–water partition coefficient (Wildman–Crippen LogP) is 3.72. The zero-order valence-electron chi connectivity index (χ0n) is 16.4. The first-order valence-corrected chi connectivity index (χ1v) is 9.80. The van der Waals surface area contributed by atoms with E-state index in [1.54, 1.807) is 24.7 Å². The Kier molecular flexibility index (Phi) is 4.35. The lowest BCUT2D eigenvalue weighted by atomic mass is 10.0. The van der Waals surface area contributed by atoms with Crippen molar-refractivity contribution in [2.75, 3.05) is 11.1 Å². The lowest BCUT2D eigenvalue weighted by Crippen LogP contribution is -2.15. The van der Waals surface area contributed by atoms with E-state index in [1.165, 1.54) is 0 Å². The van der Waals surface area contributed by atoms with E-state index in [1.807, 2.05) is 43.3 Å². The van der Waals surface area contributed by atoms with E-state index < -0.39 is 0 Å². The highest BCUT2D eigenvalue weighted by Gasteiger charge is 2.46. The van der Waals surface area contributed by atoms with Gasteiger partial charge in [0.2, 0.25) is 5.91 Å². The van der Waals surface area contributed by atoms with Crippen molar-refractivity contribution >= 4 is 28.3 Å². The third-order valence-corrected chi connectivity index (χ3v) is 5.46. The Hall–Kier alpha value is -3.87. The molecule has 3 heterocycles. The Morgan fingerprint density at radius 1 is 1.10 bits per heavy atom. The molecule has 1 saturated carbocycles. The Balaban J connectivity index is 1.41. The average molecular weight is 396 g/mol. The quantitative estimate of drug-likeness (QED) is 0.544. The van der Waals surface area contributed by atoms with Crippen LogP contribution in [0.4, 0.5) is 11.6 Å². The van der Waals surface area contributed by atoms with E-state index in [9.17, 15) is 4.79 Å². The standard InChI is InChI=1S/C23H20N6O/c1-13-5-2-3-6-15(13)19-9-14-10-20(27-12-18(14)21(24)28-19)29-23(30)17-11-16(17)22-25-7-4-8-26-22/h2-10,12,16-17H,11H2,1H3,(H2,24,28)(H,27,29,30)/t16-,17-/m0/s1. The second kappa shape index (κ2) is 7.18. The molecule has 2 atom stereocenters. The van der Waals surface area contributed by atoms with Gasteiger partial charge in [-0.2, -0.15) is 0 Å². The topological polar surface area (TPSA) is 107 Å². The summed E-state index contributed by atoms with van der Waals surface area (Å²) in [4.78, 5) is 30.0. The zero-order chi connectivity index (χ0) is 20.7. The molecule has 1 aromatic carbocycles. The monoisotopic (exact) mass is 396 g/mol. The van der Waals surface area contributed by atoms with E-state index in [0.717, 1.165) is 34.0 Å². The van der Waals surface area contributed by atoms with Gasteiger partial charge in [-0.1, -0.05) is 24.3 Å². The highest BCUT2D eigenvalue weighted by Crippen LogP contribution is 2.46. The van der Waals surface area contributed by atoms with Crippen molar-refractivity contribution in [2.45, 2.75) is 19.3 Å². The molecule has 0 radical (unpaired) electrons. The minimum Gasteiger partial charge on any atom is -0.383 e. The van der Waals surface area contributed by atoms with Crippen molar-refractivity contribution in [3.63, 3.8) is 0 Å². The van der Waals surface area contributed by atoms with Crippen molar-refractivity contribution in [3.05, 3.63) is 72.4 Å². The number of nitrogens with zero attached hydrogens (tertiary/aromatic N) is 4. The summed E-state index contributed by atoms with van der Waals surface area (Å²) < 4.78 is 0. The number of aryl methyl sites for hydroxylation is 1. The summed E-state index contributed by atoms with van der Waals surface area (Å²) in [5.74, 6) is 1.49. The van der Waals surface area contributed by atoms with Gasteiger partial charge in [0.15, 0.2) is 0 Å². The largest absolute Gasteiger partial charge is 0.383 e. The van der Waals surface area contributed by atoms with Crippen LogP contribution >= 0.6 is 0 Å². The van der Waals surface area contributed by atoms with Crippen LogP contribution in [-0.2, 0) is 4.79 Å². The van der Waals surface area contributed by atoms with Crippen molar-refractivity contribution in [1.29, 1.82) is 0 Å². The molecule has 3 N–H and O–H groups in total. The van der Waals surface area contributed by atoms with Crippen LogP contribution in [-0.4, -0.2) is 25.8 Å². The first-order chi connectivity index (χ1) is 14.6. The summed E-state index contributed by atoms with van der Waals surface area (Å²) >= 11 is 0. The first-order valence-electron chi connectivity index (χ1n) is 9.80. The summed E-state index contributed by atoms with van der Waals surface area (Å²) in [6, 6.07) is 13.6. The number of carbonyl (C=O) groups is 1. The Bertz CT molecular complexity index is 1260. The van der Waals surface area contributed by atoms with Gasteiger partial charge in [-0.3, -0.25) is 4.79 Å². The number of aromatic nitrogens is 4. The number of nitrogens with one attached hydrogen (secondary N) is 1. The molecule has 1 aliphatic rings. The second-order valence-corrected chi connectivity index (χ2v) is 7.54. The number of anilines is 2. The van der Waals surface area contributed by atoms with Gasteiger partial charge in [0, 0.05) is 41.4 Å². The number of hydrogen-bond acceptors (Lipinski definition) is 6. The first kappa shape index (κ1) is 18.2. The Morgan fingerprint density at radius 2 is 1.90 bits per heavy atom. The van der Waals surface area contributed by atoms with Crippen molar-refractivity contribution in [1.82, 2.24) is 19.9 Å². The number of nitrogen functional groups attached to an aromatic ring is 1. The van der Waals surface area contributed by atoms with Gasteiger partial charge in [0.1, 0.15) is 17.5 Å². The van der Waals surface area contributed by atoms with E-state index in [0.29, 0.717) is 17.5 Å². The molecule has 0 spiro atoms. The number of benzene rings is 1. The van der Waals surface area contributed by atoms with Gasteiger partial charge in [-0.25, -0.2) is 19.9 Å². The zero-order valence-corrected chi connectivity index (χ0v) is 16.4. The number of amides is 1. The van der Waals surface area contributed by atoms with Gasteiger partial charge in [-0.15, -0.1) is 0 Å². The highest BCUT2D eigenvalue weighted by molar-refractivity contribution is 5.98. The molecular weight excluding hydrogens is 376 g/mol. The van der Waals surface area contributed by atoms with Crippen LogP contribution in [0.5, 0.6) is 0 Å². The van der Waals surface area contributed by atoms with Gasteiger partial charge in [0.05, 0.1) is 5.69 Å². The summed E-state index contributed by atoms with van der Waals surface area (Å²) in [6.45, 7) is 2.04. The molecule has 7 nitrogen and oxygen atoms in total. The van der Waals surface area contributed by atoms with Gasteiger partial charge in [-0.05, 0) is 42.5 Å². The molecule has 0 saturated heterocycles. The van der Waals surface area contributed by atoms with Crippen LogP contribution in [0.1, 0.15) is 23.7 Å². The van der Waals surface area contributed by atoms with Crippen LogP contribution in [0.25, 0.3) is 22.0 Å². The van der Waals surface area contributed by atoms with Crippen LogP contribution in [0.3, 0.4) is 0 Å². The molecule has 5 rings (SSSR count). The molecular formula is C23H20N6O. The number of hydrogen-bond donors (Lipinski definition) is 2. The number of fused-ring (bicyclic) bond motifs is 1. The van der Waals surface area contributed by atoms with E-state index in [-0.39, 0.29) is 17.7 Å². The van der Waals surface area contributed by atoms with Crippen LogP contribution in [0, 0.1) is 12.8 Å². The summed E-state index contributed by atoms with van der Waals surface area (Å²) in [5.41, 5.74) is 9.13. The third kappa shape index (κ3) is 3.34. The minimum absolute atomic E-state index is 0.0687. The van der Waals surface area contributed by atoms with Crippen LogP contribution in [0.15, 0.2) is 61.1 Å². The molecule has 0 unspecified atom stereocenters. The summed E-state index contributed by atoms with van der Waals surface area (Å²) in [5, 5.41) is 4.56. The molecule has 4 aromatic rings. The molecule has 1 fully saturated rings. The van der Waals surface area contributed by atoms with Crippen molar-refractivity contribution < 1.29 is 4.79 Å². The van der Waals surface area contributed by atoms with Crippen molar-refractivity contribution in [2.24, 2.45) is 5.92 Å². The molecule has 1 amide bonds. The van der Waals surface area contributed by atoms with E-state index in [4.69, 9.17) is 5.73 Å². The van der Waals surface area contributed by atoms with E-state index >= 15 is 0 Å². The molecule has 0 aliphatic heterocycles. The van der Waals surface area contributed by atoms with Crippen LogP contribution in [0.2, 0.25) is 0 Å². The lowest BCUT2D eigenvalue weighted by Gasteiger charge is -2.10. The van der Waals surface area contributed by atoms with E-state index in [2.05, 4.69) is 25.3 Å². The van der Waals surface area contributed by atoms with Crippen LogP contribution < -0.4 is 11.1 Å². The lowest BCUT2D eigenvalue weighted by molar-refractivity contribution is -0.117. The Morgan fingerprint density at radius 3 is 2.70 bits per heavy atom. The molecule has 3 aromatic heterocycles. The normalized spacial score (nSPS) is 17.6. The molecule has 1 aliphatic carbocycles. The fourth-order valence-corrected chi connectivity index (χ4v) is 3.73. The Labute approximate surface area is 173 Å². The third-order valence-electron chi connectivity index (χ3n) is 5.46. The number of pyridine rings is 2. The smallest absolute Gasteiger partial charge is 0.229 e. The fourth-order valence-electron chi connectivity index (χ4n) is 3.73. The maximum absolute atomic E-state index is 12.7. The van der Waals surface area contributed by atoms with Gasteiger partial charge in [0.25, 0.3) is 0 Å². The summed E-state index contributed by atoms with van der Waals surface area (Å²) in [7, 11) is 0. The minimum atomic E-state index is -0.130. The number of carbonyl (C=O) groups excluding carboxylic acids is 1. The van der Waals surface area contributed by atoms with Gasteiger partial charge < -0.3 is 11.1 Å². The molecule has 0 bridgehead atoms. The average Bonchev–Trinajstić information content (AvgIpc) is 3.56. The number of rotatable bonds is 4. The number of nitrogens with two attached hydrogens (primary N) is 1. The van der Waals surface area contributed by atoms with Crippen molar-refractivity contribution in [3.8, 4) is 11.3 Å². The summed E-state index contributed by atoms with van der Waals surface area (Å²) in [6.07, 6.45) is 5.80. The molecule has 148 valence electrons. The SMILES string of the molecule is Cc1ccccc1-c1cc2cc(NC(=O)[C@H]3C[C@@H]3c3ncccn3)ncc2c(N)n1. The second-order valence-electron chi connectivity index (χ2n) is 7.54. The molecule has 7 heteroatoms. The molecule has 30 heavy (non-hydrogen) atoms. The maximum atomic E-state index is 12.7.